The second kappa shape index (κ2) is 8.43. The van der Waals surface area contributed by atoms with Gasteiger partial charge >= 0.3 is 0 Å². The van der Waals surface area contributed by atoms with Gasteiger partial charge in [-0.25, -0.2) is 4.39 Å². The van der Waals surface area contributed by atoms with E-state index in [2.05, 4.69) is 5.32 Å². The standard InChI is InChI=1S/C23H22FNO/c1-17-9-5-7-13-20(17)23(19-11-3-2-4-12-19)25-22(26)16-15-18-10-6-8-14-21(18)24/h2-14,23H,15-16H2,1H3,(H,25,26). The summed E-state index contributed by atoms with van der Waals surface area (Å²) < 4.78 is 13.8. The maximum Gasteiger partial charge on any atom is 0.221 e. The maximum atomic E-state index is 13.8. The highest BCUT2D eigenvalue weighted by Gasteiger charge is 2.18. The van der Waals surface area contributed by atoms with Crippen LogP contribution in [-0.4, -0.2) is 5.91 Å². The fourth-order valence-corrected chi connectivity index (χ4v) is 3.08. The van der Waals surface area contributed by atoms with E-state index in [0.717, 1.165) is 16.7 Å². The Labute approximate surface area is 153 Å². The minimum absolute atomic E-state index is 0.0923. The molecule has 0 heterocycles. The van der Waals surface area contributed by atoms with Gasteiger partial charge < -0.3 is 5.32 Å². The summed E-state index contributed by atoms with van der Waals surface area (Å²) >= 11 is 0. The first-order chi connectivity index (χ1) is 12.6. The van der Waals surface area contributed by atoms with Gasteiger partial charge in [-0.3, -0.25) is 4.79 Å². The van der Waals surface area contributed by atoms with E-state index < -0.39 is 0 Å². The number of benzene rings is 3. The predicted molar refractivity (Wildman–Crippen MR) is 102 cm³/mol. The number of halogens is 1. The third-order valence-corrected chi connectivity index (χ3v) is 4.52. The van der Waals surface area contributed by atoms with Crippen molar-refractivity contribution in [3.63, 3.8) is 0 Å². The van der Waals surface area contributed by atoms with Gasteiger partial charge in [-0.1, -0.05) is 72.8 Å². The molecule has 3 heteroatoms. The number of aryl methyl sites for hydroxylation is 2. The molecule has 0 aliphatic rings. The van der Waals surface area contributed by atoms with E-state index in [9.17, 15) is 9.18 Å². The van der Waals surface area contributed by atoms with Crippen molar-refractivity contribution in [3.05, 3.63) is 107 Å². The summed E-state index contributed by atoms with van der Waals surface area (Å²) in [4.78, 5) is 12.6. The summed E-state index contributed by atoms with van der Waals surface area (Å²) in [6.07, 6.45) is 0.629. The quantitative estimate of drug-likeness (QED) is 0.670. The van der Waals surface area contributed by atoms with E-state index in [-0.39, 0.29) is 24.2 Å². The molecule has 1 amide bonds. The van der Waals surface area contributed by atoms with Gasteiger partial charge in [0.25, 0.3) is 0 Å². The van der Waals surface area contributed by atoms with E-state index in [1.54, 1.807) is 18.2 Å². The highest BCUT2D eigenvalue weighted by molar-refractivity contribution is 5.77. The zero-order valence-electron chi connectivity index (χ0n) is 14.8. The molecule has 0 saturated carbocycles. The lowest BCUT2D eigenvalue weighted by atomic mass is 9.94. The molecule has 0 aliphatic heterocycles. The topological polar surface area (TPSA) is 29.1 Å². The lowest BCUT2D eigenvalue weighted by molar-refractivity contribution is -0.121. The van der Waals surface area contributed by atoms with Gasteiger partial charge in [0.05, 0.1) is 6.04 Å². The van der Waals surface area contributed by atoms with Crippen molar-refractivity contribution in [2.24, 2.45) is 0 Å². The van der Waals surface area contributed by atoms with Gasteiger partial charge in [0.1, 0.15) is 5.82 Å². The summed E-state index contributed by atoms with van der Waals surface area (Å²) in [7, 11) is 0. The summed E-state index contributed by atoms with van der Waals surface area (Å²) in [5.41, 5.74) is 3.78. The Balaban J connectivity index is 1.77. The van der Waals surface area contributed by atoms with Crippen LogP contribution in [0.25, 0.3) is 0 Å². The first kappa shape index (κ1) is 17.9. The minimum atomic E-state index is -0.265. The third-order valence-electron chi connectivity index (χ3n) is 4.52. The van der Waals surface area contributed by atoms with Crippen LogP contribution in [-0.2, 0) is 11.2 Å². The largest absolute Gasteiger partial charge is 0.345 e. The normalized spacial score (nSPS) is 11.8. The molecule has 1 atom stereocenters. The van der Waals surface area contributed by atoms with Crippen molar-refractivity contribution in [1.29, 1.82) is 0 Å². The van der Waals surface area contributed by atoms with E-state index in [1.807, 2.05) is 61.5 Å². The van der Waals surface area contributed by atoms with Gasteiger partial charge in [-0.2, -0.15) is 0 Å². The Bertz CT molecular complexity index is 876. The lowest BCUT2D eigenvalue weighted by Gasteiger charge is -2.21. The number of rotatable bonds is 6. The molecule has 0 radical (unpaired) electrons. The molecule has 0 spiro atoms. The monoisotopic (exact) mass is 347 g/mol. The Morgan fingerprint density at radius 1 is 0.923 bits per heavy atom. The molecule has 1 unspecified atom stereocenters. The van der Waals surface area contributed by atoms with Crippen molar-refractivity contribution >= 4 is 5.91 Å². The van der Waals surface area contributed by atoms with Crippen molar-refractivity contribution in [1.82, 2.24) is 5.32 Å². The second-order valence-electron chi connectivity index (χ2n) is 6.36. The molecule has 3 aromatic carbocycles. The fourth-order valence-electron chi connectivity index (χ4n) is 3.08. The number of nitrogens with one attached hydrogen (secondary N) is 1. The summed E-state index contributed by atoms with van der Waals surface area (Å²) in [6, 6.07) is 24.3. The molecule has 2 nitrogen and oxygen atoms in total. The Morgan fingerprint density at radius 3 is 2.31 bits per heavy atom. The maximum absolute atomic E-state index is 13.8. The summed E-state index contributed by atoms with van der Waals surface area (Å²) in [6.45, 7) is 2.04. The molecule has 0 aromatic heterocycles. The molecule has 132 valence electrons. The molecular weight excluding hydrogens is 325 g/mol. The summed E-state index contributed by atoms with van der Waals surface area (Å²) in [5.74, 6) is -0.357. The zero-order valence-corrected chi connectivity index (χ0v) is 14.8. The van der Waals surface area contributed by atoms with Crippen LogP contribution >= 0.6 is 0 Å². The van der Waals surface area contributed by atoms with Crippen molar-refractivity contribution in [2.75, 3.05) is 0 Å². The first-order valence-electron chi connectivity index (χ1n) is 8.78. The zero-order chi connectivity index (χ0) is 18.4. The number of hydrogen-bond acceptors (Lipinski definition) is 1. The van der Waals surface area contributed by atoms with Crippen molar-refractivity contribution in [2.45, 2.75) is 25.8 Å². The molecule has 0 saturated heterocycles. The van der Waals surface area contributed by atoms with Crippen LogP contribution in [0.15, 0.2) is 78.9 Å². The highest BCUT2D eigenvalue weighted by Crippen LogP contribution is 2.25. The second-order valence-corrected chi connectivity index (χ2v) is 6.36. The van der Waals surface area contributed by atoms with Crippen LogP contribution in [0.3, 0.4) is 0 Å². The molecule has 3 aromatic rings. The SMILES string of the molecule is Cc1ccccc1C(NC(=O)CCc1ccccc1F)c1ccccc1. The number of carbonyl (C=O) groups is 1. The van der Waals surface area contributed by atoms with E-state index in [4.69, 9.17) is 0 Å². The van der Waals surface area contributed by atoms with Gasteiger partial charge in [0, 0.05) is 6.42 Å². The number of carbonyl (C=O) groups excluding carboxylic acids is 1. The molecule has 0 aliphatic carbocycles. The predicted octanol–water partition coefficient (Wildman–Crippen LogP) is 4.97. The summed E-state index contributed by atoms with van der Waals surface area (Å²) in [5, 5.41) is 3.12. The highest BCUT2D eigenvalue weighted by atomic mass is 19.1. The van der Waals surface area contributed by atoms with Crippen LogP contribution in [0, 0.1) is 12.7 Å². The molecule has 0 bridgehead atoms. The van der Waals surface area contributed by atoms with E-state index in [1.165, 1.54) is 6.07 Å². The lowest BCUT2D eigenvalue weighted by Crippen LogP contribution is -2.30. The van der Waals surface area contributed by atoms with Gasteiger partial charge in [0.2, 0.25) is 5.91 Å². The number of hydrogen-bond donors (Lipinski definition) is 1. The Morgan fingerprint density at radius 2 is 1.58 bits per heavy atom. The van der Waals surface area contributed by atoms with E-state index in [0.29, 0.717) is 12.0 Å². The smallest absolute Gasteiger partial charge is 0.221 e. The minimum Gasteiger partial charge on any atom is -0.345 e. The van der Waals surface area contributed by atoms with Crippen LogP contribution in [0.1, 0.15) is 34.7 Å². The van der Waals surface area contributed by atoms with Gasteiger partial charge in [-0.15, -0.1) is 0 Å². The Kier molecular flexibility index (Phi) is 5.80. The van der Waals surface area contributed by atoms with Gasteiger partial charge in [0.15, 0.2) is 0 Å². The molecular formula is C23H22FNO. The molecule has 1 N–H and O–H groups in total. The fraction of sp³-hybridized carbons (Fsp3) is 0.174. The van der Waals surface area contributed by atoms with Crippen LogP contribution in [0.4, 0.5) is 4.39 Å². The molecule has 26 heavy (non-hydrogen) atoms. The number of amides is 1. The van der Waals surface area contributed by atoms with Crippen LogP contribution < -0.4 is 5.32 Å². The molecule has 3 rings (SSSR count). The van der Waals surface area contributed by atoms with Crippen molar-refractivity contribution in [3.8, 4) is 0 Å². The average molecular weight is 347 g/mol. The average Bonchev–Trinajstić information content (AvgIpc) is 2.67. The van der Waals surface area contributed by atoms with Crippen LogP contribution in [0.2, 0.25) is 0 Å². The molecule has 0 fully saturated rings. The Hall–Kier alpha value is -2.94. The van der Waals surface area contributed by atoms with Crippen molar-refractivity contribution < 1.29 is 9.18 Å². The van der Waals surface area contributed by atoms with E-state index >= 15 is 0 Å². The van der Waals surface area contributed by atoms with Gasteiger partial charge in [-0.05, 0) is 41.7 Å². The first-order valence-corrected chi connectivity index (χ1v) is 8.78. The van der Waals surface area contributed by atoms with Crippen LogP contribution in [0.5, 0.6) is 0 Å². The third kappa shape index (κ3) is 4.37.